The van der Waals surface area contributed by atoms with Crippen molar-refractivity contribution >= 4 is 49.3 Å². The Balaban J connectivity index is 1.73. The second kappa shape index (κ2) is 7.69. The quantitative estimate of drug-likeness (QED) is 0.381. The SMILES string of the molecule is CC(C)Cc1nnc(N2C(=O)c3oc4ccccc4c(=O)c3C2c2ccc(Br)cc2)s1. The number of anilines is 1. The van der Waals surface area contributed by atoms with E-state index in [-0.39, 0.29) is 17.1 Å². The van der Waals surface area contributed by atoms with Gasteiger partial charge < -0.3 is 4.42 Å². The van der Waals surface area contributed by atoms with Crippen LogP contribution in [0.5, 0.6) is 0 Å². The number of aromatic nitrogens is 2. The number of hydrogen-bond acceptors (Lipinski definition) is 6. The van der Waals surface area contributed by atoms with Crippen LogP contribution in [0.2, 0.25) is 0 Å². The summed E-state index contributed by atoms with van der Waals surface area (Å²) in [5, 5.41) is 10.3. The lowest BCUT2D eigenvalue weighted by molar-refractivity contribution is 0.0970. The molecule has 1 aliphatic rings. The summed E-state index contributed by atoms with van der Waals surface area (Å²) in [5.41, 5.74) is 1.34. The summed E-state index contributed by atoms with van der Waals surface area (Å²) >= 11 is 4.82. The van der Waals surface area contributed by atoms with Gasteiger partial charge in [0.25, 0.3) is 5.91 Å². The summed E-state index contributed by atoms with van der Waals surface area (Å²) in [4.78, 5) is 28.5. The Labute approximate surface area is 190 Å². The molecule has 3 heterocycles. The Morgan fingerprint density at radius 1 is 1.10 bits per heavy atom. The smallest absolute Gasteiger partial charge is 0.297 e. The van der Waals surface area contributed by atoms with Gasteiger partial charge in [-0.15, -0.1) is 10.2 Å². The van der Waals surface area contributed by atoms with Crippen molar-refractivity contribution in [1.82, 2.24) is 10.2 Å². The second-order valence-electron chi connectivity index (χ2n) is 7.88. The lowest BCUT2D eigenvalue weighted by Crippen LogP contribution is -2.29. The van der Waals surface area contributed by atoms with Gasteiger partial charge >= 0.3 is 0 Å². The first-order valence-corrected chi connectivity index (χ1v) is 11.5. The third kappa shape index (κ3) is 3.40. The molecule has 8 heteroatoms. The molecule has 156 valence electrons. The summed E-state index contributed by atoms with van der Waals surface area (Å²) < 4.78 is 6.86. The van der Waals surface area contributed by atoms with E-state index in [4.69, 9.17) is 4.42 Å². The van der Waals surface area contributed by atoms with Crippen LogP contribution >= 0.6 is 27.3 Å². The first-order chi connectivity index (χ1) is 14.9. The Bertz CT molecular complexity index is 1360. The first kappa shape index (κ1) is 20.1. The molecule has 0 saturated carbocycles. The summed E-state index contributed by atoms with van der Waals surface area (Å²) in [7, 11) is 0. The van der Waals surface area contributed by atoms with Gasteiger partial charge in [-0.25, -0.2) is 0 Å². The maximum atomic E-state index is 13.5. The standard InChI is InChI=1S/C23H18BrN3O3S/c1-12(2)11-17-25-26-23(31-17)27-19(13-7-9-14(24)10-8-13)18-20(28)15-5-3-4-6-16(15)30-21(18)22(27)29/h3-10,12,19H,11H2,1-2H3. The van der Waals surface area contributed by atoms with Gasteiger partial charge in [0.15, 0.2) is 5.43 Å². The van der Waals surface area contributed by atoms with Crippen LogP contribution in [0.25, 0.3) is 11.0 Å². The monoisotopic (exact) mass is 495 g/mol. The Morgan fingerprint density at radius 2 is 1.84 bits per heavy atom. The molecule has 0 fully saturated rings. The molecule has 5 rings (SSSR count). The molecular weight excluding hydrogens is 478 g/mol. The van der Waals surface area contributed by atoms with Gasteiger partial charge in [-0.05, 0) is 35.7 Å². The van der Waals surface area contributed by atoms with Crippen LogP contribution in [0.1, 0.15) is 46.6 Å². The van der Waals surface area contributed by atoms with Crippen molar-refractivity contribution in [2.45, 2.75) is 26.3 Å². The van der Waals surface area contributed by atoms with Crippen molar-refractivity contribution in [3.05, 3.63) is 85.1 Å². The molecule has 1 atom stereocenters. The zero-order valence-corrected chi connectivity index (χ0v) is 19.2. The minimum atomic E-state index is -0.628. The topological polar surface area (TPSA) is 76.3 Å². The molecule has 6 nitrogen and oxygen atoms in total. The van der Waals surface area contributed by atoms with E-state index >= 15 is 0 Å². The molecule has 31 heavy (non-hydrogen) atoms. The van der Waals surface area contributed by atoms with Crippen LogP contribution in [-0.4, -0.2) is 16.1 Å². The van der Waals surface area contributed by atoms with Crippen LogP contribution in [0.15, 0.2) is 62.2 Å². The predicted molar refractivity (Wildman–Crippen MR) is 124 cm³/mol. The molecule has 2 aromatic heterocycles. The third-order valence-corrected chi connectivity index (χ3v) is 6.68. The number of amides is 1. The fraction of sp³-hybridized carbons (Fsp3) is 0.217. The van der Waals surface area contributed by atoms with E-state index in [1.54, 1.807) is 29.2 Å². The number of benzene rings is 2. The summed E-state index contributed by atoms with van der Waals surface area (Å²) in [5.74, 6) is 0.110. The van der Waals surface area contributed by atoms with E-state index in [9.17, 15) is 9.59 Å². The summed E-state index contributed by atoms with van der Waals surface area (Å²) in [6, 6.07) is 13.9. The zero-order chi connectivity index (χ0) is 21.7. The van der Waals surface area contributed by atoms with Crippen LogP contribution < -0.4 is 10.3 Å². The Hall–Kier alpha value is -2.84. The maximum Gasteiger partial charge on any atom is 0.297 e. The Morgan fingerprint density at radius 3 is 2.58 bits per heavy atom. The number of carbonyl (C=O) groups excluding carboxylic acids is 1. The number of rotatable bonds is 4. The van der Waals surface area contributed by atoms with Crippen molar-refractivity contribution < 1.29 is 9.21 Å². The lowest BCUT2D eigenvalue weighted by Gasteiger charge is -2.22. The molecule has 2 aromatic carbocycles. The van der Waals surface area contributed by atoms with E-state index in [1.165, 1.54) is 11.3 Å². The lowest BCUT2D eigenvalue weighted by atomic mass is 9.99. The molecule has 1 aliphatic heterocycles. The predicted octanol–water partition coefficient (Wildman–Crippen LogP) is 5.36. The summed E-state index contributed by atoms with van der Waals surface area (Å²) in [6.07, 6.45) is 0.774. The molecule has 1 unspecified atom stereocenters. The average molecular weight is 496 g/mol. The van der Waals surface area contributed by atoms with Gasteiger partial charge in [-0.1, -0.05) is 65.4 Å². The van der Waals surface area contributed by atoms with Gasteiger partial charge in [0.2, 0.25) is 10.9 Å². The largest absolute Gasteiger partial charge is 0.450 e. The van der Waals surface area contributed by atoms with Crippen LogP contribution in [0.3, 0.4) is 0 Å². The van der Waals surface area contributed by atoms with E-state index in [2.05, 4.69) is 40.0 Å². The number of halogens is 1. The van der Waals surface area contributed by atoms with Gasteiger partial charge in [0.05, 0.1) is 17.0 Å². The number of hydrogen-bond donors (Lipinski definition) is 0. The molecule has 0 saturated heterocycles. The highest BCUT2D eigenvalue weighted by molar-refractivity contribution is 9.10. The van der Waals surface area contributed by atoms with E-state index < -0.39 is 6.04 Å². The van der Waals surface area contributed by atoms with Gasteiger partial charge in [-0.3, -0.25) is 14.5 Å². The zero-order valence-electron chi connectivity index (χ0n) is 16.8. The minimum Gasteiger partial charge on any atom is -0.450 e. The van der Waals surface area contributed by atoms with Crippen molar-refractivity contribution in [3.63, 3.8) is 0 Å². The van der Waals surface area contributed by atoms with Crippen LogP contribution in [0.4, 0.5) is 5.13 Å². The highest BCUT2D eigenvalue weighted by atomic mass is 79.9. The van der Waals surface area contributed by atoms with Crippen LogP contribution in [-0.2, 0) is 6.42 Å². The molecule has 0 radical (unpaired) electrons. The number of carbonyl (C=O) groups is 1. The molecule has 0 N–H and O–H groups in total. The highest BCUT2D eigenvalue weighted by Gasteiger charge is 2.45. The van der Waals surface area contributed by atoms with Crippen molar-refractivity contribution in [3.8, 4) is 0 Å². The summed E-state index contributed by atoms with van der Waals surface area (Å²) in [6.45, 7) is 4.22. The fourth-order valence-electron chi connectivity index (χ4n) is 3.85. The molecular formula is C23H18BrN3O3S. The van der Waals surface area contributed by atoms with Gasteiger partial charge in [0.1, 0.15) is 10.6 Å². The normalized spacial score (nSPS) is 15.8. The van der Waals surface area contributed by atoms with E-state index in [0.29, 0.717) is 27.6 Å². The Kier molecular flexibility index (Phi) is 4.98. The van der Waals surface area contributed by atoms with Crippen molar-refractivity contribution in [2.75, 3.05) is 4.90 Å². The number of para-hydroxylation sites is 1. The van der Waals surface area contributed by atoms with Crippen LogP contribution in [0, 0.1) is 5.92 Å². The molecule has 4 aromatic rings. The second-order valence-corrected chi connectivity index (χ2v) is 9.83. The molecule has 0 bridgehead atoms. The highest BCUT2D eigenvalue weighted by Crippen LogP contribution is 2.42. The van der Waals surface area contributed by atoms with Crippen molar-refractivity contribution in [2.24, 2.45) is 5.92 Å². The first-order valence-electron chi connectivity index (χ1n) is 9.91. The third-order valence-electron chi connectivity index (χ3n) is 5.21. The molecule has 0 spiro atoms. The molecule has 0 aliphatic carbocycles. The van der Waals surface area contributed by atoms with Crippen molar-refractivity contribution in [1.29, 1.82) is 0 Å². The number of fused-ring (bicyclic) bond motifs is 2. The van der Waals surface area contributed by atoms with Gasteiger partial charge in [-0.2, -0.15) is 0 Å². The van der Waals surface area contributed by atoms with Gasteiger partial charge in [0, 0.05) is 10.9 Å². The molecule has 1 amide bonds. The minimum absolute atomic E-state index is 0.0669. The maximum absolute atomic E-state index is 13.5. The average Bonchev–Trinajstić information content (AvgIpc) is 3.31. The number of nitrogens with zero attached hydrogens (tertiary/aromatic N) is 3. The van der Waals surface area contributed by atoms with E-state index in [0.717, 1.165) is 21.5 Å². The van der Waals surface area contributed by atoms with E-state index in [1.807, 2.05) is 24.3 Å². The fourth-order valence-corrected chi connectivity index (χ4v) is 5.19.